The summed E-state index contributed by atoms with van der Waals surface area (Å²) in [5.41, 5.74) is 0.780. The van der Waals surface area contributed by atoms with Gasteiger partial charge in [-0.1, -0.05) is 18.6 Å². The van der Waals surface area contributed by atoms with Crippen molar-refractivity contribution >= 4 is 11.8 Å². The molecule has 17 heavy (non-hydrogen) atoms. The average molecular weight is 235 g/mol. The highest BCUT2D eigenvalue weighted by molar-refractivity contribution is 6.05. The van der Waals surface area contributed by atoms with Gasteiger partial charge < -0.3 is 0 Å². The van der Waals surface area contributed by atoms with Gasteiger partial charge in [-0.3, -0.25) is 14.5 Å². The van der Waals surface area contributed by atoms with Crippen molar-refractivity contribution in [1.82, 2.24) is 4.90 Å². The molecule has 1 fully saturated rings. The number of aryl methyl sites for hydroxylation is 1. The van der Waals surface area contributed by atoms with E-state index in [4.69, 9.17) is 0 Å². The quantitative estimate of drug-likeness (QED) is 0.699. The van der Waals surface area contributed by atoms with Crippen LogP contribution in [0.25, 0.3) is 0 Å². The van der Waals surface area contributed by atoms with Gasteiger partial charge in [0.1, 0.15) is 5.82 Å². The van der Waals surface area contributed by atoms with Gasteiger partial charge in [-0.25, -0.2) is 4.39 Å². The van der Waals surface area contributed by atoms with Crippen molar-refractivity contribution in [2.75, 3.05) is 6.54 Å². The van der Waals surface area contributed by atoms with Crippen LogP contribution in [-0.2, 0) is 4.79 Å². The summed E-state index contributed by atoms with van der Waals surface area (Å²) >= 11 is 0. The third-order valence-corrected chi connectivity index (χ3v) is 2.92. The molecule has 2 amide bonds. The summed E-state index contributed by atoms with van der Waals surface area (Å²) in [5.74, 6) is -1.17. The molecule has 1 aromatic carbocycles. The van der Waals surface area contributed by atoms with Crippen LogP contribution in [0.4, 0.5) is 4.39 Å². The number of hydrogen-bond donors (Lipinski definition) is 0. The second-order valence-corrected chi connectivity index (χ2v) is 4.60. The highest BCUT2D eigenvalue weighted by atomic mass is 19.1. The van der Waals surface area contributed by atoms with Crippen molar-refractivity contribution in [2.45, 2.75) is 20.3 Å². The molecule has 0 spiro atoms. The number of nitrogens with zero attached hydrogens (tertiary/aromatic N) is 1. The van der Waals surface area contributed by atoms with E-state index in [1.54, 1.807) is 13.0 Å². The zero-order valence-corrected chi connectivity index (χ0v) is 9.87. The molecule has 1 aliphatic rings. The van der Waals surface area contributed by atoms with E-state index in [9.17, 15) is 14.0 Å². The van der Waals surface area contributed by atoms with E-state index < -0.39 is 11.7 Å². The Morgan fingerprint density at radius 2 is 2.18 bits per heavy atom. The van der Waals surface area contributed by atoms with Gasteiger partial charge >= 0.3 is 0 Å². The van der Waals surface area contributed by atoms with E-state index >= 15 is 0 Å². The molecule has 1 heterocycles. The third-order valence-electron chi connectivity index (χ3n) is 2.92. The fourth-order valence-electron chi connectivity index (χ4n) is 2.03. The fraction of sp³-hybridized carbons (Fsp3) is 0.385. The Morgan fingerprint density at radius 1 is 1.47 bits per heavy atom. The number of carbonyl (C=O) groups is 2. The van der Waals surface area contributed by atoms with E-state index in [1.165, 1.54) is 12.1 Å². The van der Waals surface area contributed by atoms with Crippen LogP contribution in [0.5, 0.6) is 0 Å². The minimum Gasteiger partial charge on any atom is -0.278 e. The molecule has 0 bridgehead atoms. The zero-order chi connectivity index (χ0) is 12.6. The van der Waals surface area contributed by atoms with Crippen LogP contribution >= 0.6 is 0 Å². The predicted molar refractivity (Wildman–Crippen MR) is 61.0 cm³/mol. The van der Waals surface area contributed by atoms with Gasteiger partial charge in [-0.05, 0) is 25.0 Å². The maximum Gasteiger partial charge on any atom is 0.263 e. The maximum atomic E-state index is 13.5. The largest absolute Gasteiger partial charge is 0.278 e. The zero-order valence-electron chi connectivity index (χ0n) is 9.87. The molecule has 0 N–H and O–H groups in total. The average Bonchev–Trinajstić information content (AvgIpc) is 2.60. The number of halogens is 1. The number of imide groups is 1. The first kappa shape index (κ1) is 11.8. The van der Waals surface area contributed by atoms with Crippen molar-refractivity contribution < 1.29 is 14.0 Å². The van der Waals surface area contributed by atoms with E-state index in [2.05, 4.69) is 0 Å². The van der Waals surface area contributed by atoms with Crippen LogP contribution in [-0.4, -0.2) is 23.3 Å². The summed E-state index contributed by atoms with van der Waals surface area (Å²) < 4.78 is 13.5. The molecule has 0 radical (unpaired) electrons. The fourth-order valence-corrected chi connectivity index (χ4v) is 2.03. The van der Waals surface area contributed by atoms with Crippen LogP contribution < -0.4 is 0 Å². The molecule has 3 nitrogen and oxygen atoms in total. The standard InChI is InChI=1S/C13H14FNO2/c1-8-3-4-11(14)10(5-8)13(17)15-7-9(2)6-12(15)16/h3-5,9H,6-7H2,1-2H3. The van der Waals surface area contributed by atoms with Crippen molar-refractivity contribution in [1.29, 1.82) is 0 Å². The first-order chi connectivity index (χ1) is 7.99. The molecule has 0 aliphatic carbocycles. The number of amides is 2. The van der Waals surface area contributed by atoms with Crippen LogP contribution in [0, 0.1) is 18.7 Å². The summed E-state index contributed by atoms with van der Waals surface area (Å²) in [6, 6.07) is 4.33. The first-order valence-corrected chi connectivity index (χ1v) is 5.60. The monoisotopic (exact) mass is 235 g/mol. The lowest BCUT2D eigenvalue weighted by Crippen LogP contribution is -2.32. The first-order valence-electron chi connectivity index (χ1n) is 5.60. The van der Waals surface area contributed by atoms with Crippen molar-refractivity contribution in [3.05, 3.63) is 35.1 Å². The van der Waals surface area contributed by atoms with Gasteiger partial charge in [-0.15, -0.1) is 0 Å². The Hall–Kier alpha value is -1.71. The number of carbonyl (C=O) groups excluding carboxylic acids is 2. The predicted octanol–water partition coefficient (Wildman–Crippen LogP) is 2.14. The van der Waals surface area contributed by atoms with Crippen LogP contribution in [0.1, 0.15) is 29.3 Å². The minimum absolute atomic E-state index is 0.0209. The second kappa shape index (κ2) is 4.28. The molecule has 2 rings (SSSR count). The summed E-state index contributed by atoms with van der Waals surface area (Å²) in [5, 5.41) is 0. The molecular formula is C13H14FNO2. The molecule has 1 aliphatic heterocycles. The third kappa shape index (κ3) is 2.20. The number of rotatable bonds is 1. The maximum absolute atomic E-state index is 13.5. The van der Waals surface area contributed by atoms with Gasteiger partial charge in [0, 0.05) is 13.0 Å². The molecule has 1 unspecified atom stereocenters. The smallest absolute Gasteiger partial charge is 0.263 e. The van der Waals surface area contributed by atoms with Gasteiger partial charge in [0.2, 0.25) is 5.91 Å². The molecule has 1 atom stereocenters. The summed E-state index contributed by atoms with van der Waals surface area (Å²) in [6.07, 6.45) is 0.360. The van der Waals surface area contributed by atoms with E-state index in [1.807, 2.05) is 6.92 Å². The summed E-state index contributed by atoms with van der Waals surface area (Å²) in [4.78, 5) is 24.8. The van der Waals surface area contributed by atoms with Crippen molar-refractivity contribution in [3.8, 4) is 0 Å². The van der Waals surface area contributed by atoms with Crippen LogP contribution in [0.15, 0.2) is 18.2 Å². The Kier molecular flexibility index (Phi) is 2.96. The molecule has 0 saturated carbocycles. The van der Waals surface area contributed by atoms with Crippen LogP contribution in [0.3, 0.4) is 0 Å². The van der Waals surface area contributed by atoms with Gasteiger partial charge in [-0.2, -0.15) is 0 Å². The summed E-state index contributed by atoms with van der Waals surface area (Å²) in [7, 11) is 0. The molecule has 1 aromatic rings. The number of likely N-dealkylation sites (tertiary alicyclic amines) is 1. The summed E-state index contributed by atoms with van der Waals surface area (Å²) in [6.45, 7) is 4.06. The highest BCUT2D eigenvalue weighted by Gasteiger charge is 2.32. The molecule has 90 valence electrons. The molecular weight excluding hydrogens is 221 g/mol. The lowest BCUT2D eigenvalue weighted by molar-refractivity contribution is -0.125. The minimum atomic E-state index is -0.576. The normalized spacial score (nSPS) is 19.8. The van der Waals surface area contributed by atoms with Gasteiger partial charge in [0.05, 0.1) is 5.56 Å². The Bertz CT molecular complexity index is 484. The Morgan fingerprint density at radius 3 is 2.76 bits per heavy atom. The molecule has 0 aromatic heterocycles. The van der Waals surface area contributed by atoms with Crippen LogP contribution in [0.2, 0.25) is 0 Å². The second-order valence-electron chi connectivity index (χ2n) is 4.60. The number of benzene rings is 1. The van der Waals surface area contributed by atoms with Gasteiger partial charge in [0.25, 0.3) is 5.91 Å². The van der Waals surface area contributed by atoms with Crippen molar-refractivity contribution in [3.63, 3.8) is 0 Å². The Balaban J connectivity index is 2.31. The lowest BCUT2D eigenvalue weighted by Gasteiger charge is -2.14. The van der Waals surface area contributed by atoms with Crippen molar-refractivity contribution in [2.24, 2.45) is 5.92 Å². The topological polar surface area (TPSA) is 37.4 Å². The molecule has 1 saturated heterocycles. The SMILES string of the molecule is Cc1ccc(F)c(C(=O)N2CC(C)CC2=O)c1. The molecule has 4 heteroatoms. The van der Waals surface area contributed by atoms with E-state index in [0.29, 0.717) is 13.0 Å². The van der Waals surface area contributed by atoms with E-state index in [-0.39, 0.29) is 17.4 Å². The lowest BCUT2D eigenvalue weighted by atomic mass is 10.1. The van der Waals surface area contributed by atoms with E-state index in [0.717, 1.165) is 10.5 Å². The highest BCUT2D eigenvalue weighted by Crippen LogP contribution is 2.21. The van der Waals surface area contributed by atoms with Gasteiger partial charge in [0.15, 0.2) is 0 Å². The Labute approximate surface area is 99.2 Å². The number of hydrogen-bond acceptors (Lipinski definition) is 2.